The highest BCUT2D eigenvalue weighted by Crippen LogP contribution is 1.89. The fourth-order valence-electron chi connectivity index (χ4n) is 1.13. The minimum absolute atomic E-state index is 0.0870. The van der Waals surface area contributed by atoms with Gasteiger partial charge in [0.05, 0.1) is 13.1 Å². The normalized spacial score (nSPS) is 10.1. The summed E-state index contributed by atoms with van der Waals surface area (Å²) >= 11 is 0. The van der Waals surface area contributed by atoms with E-state index in [2.05, 4.69) is 16.1 Å². The van der Waals surface area contributed by atoms with E-state index in [1.165, 1.54) is 0 Å². The number of terminal acetylenes is 1. The highest BCUT2D eigenvalue weighted by molar-refractivity contribution is 5.77. The predicted octanol–water partition coefficient (Wildman–Crippen LogP) is -0.381. The Balaban J connectivity index is 3.56. The zero-order chi connectivity index (χ0) is 11.7. The number of hydrogen-bond donors (Lipinski definition) is 1. The highest BCUT2D eigenvalue weighted by atomic mass is 16.2. The molecule has 1 N–H and O–H groups in total. The van der Waals surface area contributed by atoms with Crippen LogP contribution >= 0.6 is 0 Å². The standard InChI is InChI=1S/C11H21N3O/c1-5-7-12-10-11(15)14(4)9-6-8-13(2)3/h1,12H,6-10H2,2-4H3. The van der Waals surface area contributed by atoms with Gasteiger partial charge in [0.15, 0.2) is 0 Å². The second kappa shape index (κ2) is 8.27. The summed E-state index contributed by atoms with van der Waals surface area (Å²) < 4.78 is 0. The van der Waals surface area contributed by atoms with Crippen LogP contribution in [0.25, 0.3) is 0 Å². The van der Waals surface area contributed by atoms with Gasteiger partial charge in [-0.05, 0) is 27.1 Å². The number of nitrogens with zero attached hydrogens (tertiary/aromatic N) is 2. The van der Waals surface area contributed by atoms with E-state index < -0.39 is 0 Å². The number of rotatable bonds is 7. The van der Waals surface area contributed by atoms with Crippen LogP contribution in [0, 0.1) is 12.3 Å². The van der Waals surface area contributed by atoms with E-state index in [4.69, 9.17) is 6.42 Å². The molecular formula is C11H21N3O. The molecule has 0 aliphatic rings. The molecule has 0 aliphatic heterocycles. The minimum Gasteiger partial charge on any atom is -0.345 e. The van der Waals surface area contributed by atoms with Crippen LogP contribution in [0.3, 0.4) is 0 Å². The van der Waals surface area contributed by atoms with Crippen molar-refractivity contribution in [2.45, 2.75) is 6.42 Å². The Bertz CT molecular complexity index is 220. The molecule has 15 heavy (non-hydrogen) atoms. The molecule has 0 aliphatic carbocycles. The van der Waals surface area contributed by atoms with Crippen molar-refractivity contribution < 1.29 is 4.79 Å². The zero-order valence-electron chi connectivity index (χ0n) is 9.92. The first-order chi connectivity index (χ1) is 7.07. The van der Waals surface area contributed by atoms with Gasteiger partial charge in [0.2, 0.25) is 5.91 Å². The SMILES string of the molecule is C#CCNCC(=O)N(C)CCCN(C)C. The van der Waals surface area contributed by atoms with Gasteiger partial charge in [-0.25, -0.2) is 0 Å². The van der Waals surface area contributed by atoms with Crippen molar-refractivity contribution in [2.24, 2.45) is 0 Å². The molecule has 0 saturated heterocycles. The van der Waals surface area contributed by atoms with E-state index in [0.29, 0.717) is 13.1 Å². The maximum absolute atomic E-state index is 11.5. The zero-order valence-corrected chi connectivity index (χ0v) is 9.92. The number of carbonyl (C=O) groups is 1. The van der Waals surface area contributed by atoms with Crippen LogP contribution in [0.2, 0.25) is 0 Å². The van der Waals surface area contributed by atoms with Gasteiger partial charge >= 0.3 is 0 Å². The number of carbonyl (C=O) groups excluding carboxylic acids is 1. The first-order valence-corrected chi connectivity index (χ1v) is 5.10. The summed E-state index contributed by atoms with van der Waals surface area (Å²) in [6.07, 6.45) is 6.05. The van der Waals surface area contributed by atoms with E-state index >= 15 is 0 Å². The monoisotopic (exact) mass is 211 g/mol. The second-order valence-corrected chi connectivity index (χ2v) is 3.78. The quantitative estimate of drug-likeness (QED) is 0.460. The summed E-state index contributed by atoms with van der Waals surface area (Å²) in [5.41, 5.74) is 0. The molecule has 0 spiro atoms. The molecule has 4 heteroatoms. The summed E-state index contributed by atoms with van der Waals surface area (Å²) in [7, 11) is 5.86. The molecule has 0 rings (SSSR count). The summed E-state index contributed by atoms with van der Waals surface area (Å²) in [5, 5.41) is 2.88. The largest absolute Gasteiger partial charge is 0.345 e. The lowest BCUT2D eigenvalue weighted by Gasteiger charge is -2.18. The lowest BCUT2D eigenvalue weighted by molar-refractivity contribution is -0.128. The maximum atomic E-state index is 11.5. The van der Waals surface area contributed by atoms with Crippen molar-refractivity contribution in [3.8, 4) is 12.3 Å². The fourth-order valence-corrected chi connectivity index (χ4v) is 1.13. The van der Waals surface area contributed by atoms with Gasteiger partial charge in [0, 0.05) is 13.6 Å². The third-order valence-corrected chi connectivity index (χ3v) is 2.03. The Morgan fingerprint density at radius 2 is 2.00 bits per heavy atom. The molecule has 1 amide bonds. The average Bonchev–Trinajstić information content (AvgIpc) is 2.17. The van der Waals surface area contributed by atoms with E-state index in [-0.39, 0.29) is 5.91 Å². The first-order valence-electron chi connectivity index (χ1n) is 5.10. The van der Waals surface area contributed by atoms with E-state index in [9.17, 15) is 4.79 Å². The van der Waals surface area contributed by atoms with Gasteiger partial charge in [0.1, 0.15) is 0 Å². The summed E-state index contributed by atoms with van der Waals surface area (Å²) in [4.78, 5) is 15.3. The van der Waals surface area contributed by atoms with Crippen LogP contribution in [0.4, 0.5) is 0 Å². The molecule has 0 atom stereocenters. The molecular weight excluding hydrogens is 190 g/mol. The van der Waals surface area contributed by atoms with Crippen LogP contribution in [-0.4, -0.2) is 63.0 Å². The van der Waals surface area contributed by atoms with Crippen LogP contribution in [0.15, 0.2) is 0 Å². The van der Waals surface area contributed by atoms with E-state index in [1.54, 1.807) is 4.90 Å². The Morgan fingerprint density at radius 1 is 1.33 bits per heavy atom. The van der Waals surface area contributed by atoms with Gasteiger partial charge in [-0.1, -0.05) is 5.92 Å². The van der Waals surface area contributed by atoms with Crippen molar-refractivity contribution in [1.82, 2.24) is 15.1 Å². The minimum atomic E-state index is 0.0870. The lowest BCUT2D eigenvalue weighted by atomic mass is 10.3. The maximum Gasteiger partial charge on any atom is 0.236 e. The smallest absolute Gasteiger partial charge is 0.236 e. The van der Waals surface area contributed by atoms with E-state index in [1.807, 2.05) is 21.1 Å². The van der Waals surface area contributed by atoms with Crippen molar-refractivity contribution in [3.63, 3.8) is 0 Å². The molecule has 86 valence electrons. The molecule has 0 radical (unpaired) electrons. The van der Waals surface area contributed by atoms with Gasteiger partial charge in [0.25, 0.3) is 0 Å². The predicted molar refractivity (Wildman–Crippen MR) is 62.5 cm³/mol. The number of hydrogen-bond acceptors (Lipinski definition) is 3. The van der Waals surface area contributed by atoms with Gasteiger partial charge in [-0.15, -0.1) is 6.42 Å². The summed E-state index contributed by atoms with van der Waals surface area (Å²) in [6.45, 7) is 2.55. The molecule has 4 nitrogen and oxygen atoms in total. The third kappa shape index (κ3) is 7.98. The Labute approximate surface area is 92.6 Å². The molecule has 0 aromatic carbocycles. The Hall–Kier alpha value is -1.05. The topological polar surface area (TPSA) is 35.6 Å². The molecule has 0 saturated carbocycles. The van der Waals surface area contributed by atoms with Crippen molar-refractivity contribution in [1.29, 1.82) is 0 Å². The Kier molecular flexibility index (Phi) is 7.69. The first kappa shape index (κ1) is 13.9. The van der Waals surface area contributed by atoms with Crippen molar-refractivity contribution in [2.75, 3.05) is 47.3 Å². The van der Waals surface area contributed by atoms with Crippen LogP contribution in [-0.2, 0) is 4.79 Å². The molecule has 0 aromatic rings. The summed E-state index contributed by atoms with van der Waals surface area (Å²) in [6, 6.07) is 0. The van der Waals surface area contributed by atoms with Gasteiger partial charge in [-0.3, -0.25) is 10.1 Å². The lowest BCUT2D eigenvalue weighted by Crippen LogP contribution is -2.36. The van der Waals surface area contributed by atoms with Crippen LogP contribution < -0.4 is 5.32 Å². The third-order valence-electron chi connectivity index (χ3n) is 2.03. The number of nitrogens with one attached hydrogen (secondary N) is 1. The number of likely N-dealkylation sites (N-methyl/N-ethyl adjacent to an activating group) is 1. The van der Waals surface area contributed by atoms with Crippen LogP contribution in [0.1, 0.15) is 6.42 Å². The van der Waals surface area contributed by atoms with Gasteiger partial charge in [-0.2, -0.15) is 0 Å². The molecule has 0 heterocycles. The fraction of sp³-hybridized carbons (Fsp3) is 0.727. The van der Waals surface area contributed by atoms with E-state index in [0.717, 1.165) is 19.5 Å². The molecule has 0 unspecified atom stereocenters. The Morgan fingerprint density at radius 3 is 2.53 bits per heavy atom. The molecule has 0 fully saturated rings. The van der Waals surface area contributed by atoms with Crippen LogP contribution in [0.5, 0.6) is 0 Å². The summed E-state index contributed by atoms with van der Waals surface area (Å²) in [5.74, 6) is 2.52. The van der Waals surface area contributed by atoms with Gasteiger partial charge < -0.3 is 9.80 Å². The molecule has 0 aromatic heterocycles. The number of amides is 1. The highest BCUT2D eigenvalue weighted by Gasteiger charge is 2.06. The second-order valence-electron chi connectivity index (χ2n) is 3.78. The average molecular weight is 211 g/mol. The van der Waals surface area contributed by atoms with Crippen molar-refractivity contribution in [3.05, 3.63) is 0 Å². The van der Waals surface area contributed by atoms with Crippen molar-refractivity contribution >= 4 is 5.91 Å². The molecule has 0 bridgehead atoms.